The number of piperidine rings is 1. The minimum Gasteiger partial charge on any atom is -0.491 e. The van der Waals surface area contributed by atoms with E-state index < -0.39 is 48.5 Å². The van der Waals surface area contributed by atoms with Crippen LogP contribution in [0, 0.1) is 0 Å². The average molecular weight is 612 g/mol. The lowest BCUT2D eigenvalue weighted by molar-refractivity contribution is -0.143. The fourth-order valence-corrected chi connectivity index (χ4v) is 7.24. The smallest absolute Gasteiger partial charge is 0.436 e. The highest BCUT2D eigenvalue weighted by Crippen LogP contribution is 2.39. The second-order valence-electron chi connectivity index (χ2n) is 9.87. The van der Waals surface area contributed by atoms with Crippen LogP contribution < -0.4 is 14.8 Å². The molecule has 0 amide bonds. The number of rotatable bonds is 10. The average Bonchev–Trinajstić information content (AvgIpc) is 3.50. The first-order valence-corrected chi connectivity index (χ1v) is 15.4. The highest BCUT2D eigenvalue weighted by atomic mass is 32.2. The second-order valence-corrected chi connectivity index (χ2v) is 13.7. The first-order valence-electron chi connectivity index (χ1n) is 12.5. The zero-order chi connectivity index (χ0) is 29.3. The second kappa shape index (κ2) is 11.5. The molecule has 0 saturated carbocycles. The van der Waals surface area contributed by atoms with Crippen LogP contribution in [0.2, 0.25) is 0 Å². The summed E-state index contributed by atoms with van der Waals surface area (Å²) in [5.41, 5.74) is -2.05. The van der Waals surface area contributed by atoms with Gasteiger partial charge in [-0.15, -0.1) is 0 Å². The Hall–Kier alpha value is -2.28. The SMILES string of the molecule is CNS(=O)(=O)c1cccc(OC[C@@H](O)CNC2COC3(CCN(S(=O)(=O)c4cn(C)nc4C(F)(F)F)CC3)C2)c1. The van der Waals surface area contributed by atoms with Gasteiger partial charge in [0.25, 0.3) is 0 Å². The zero-order valence-corrected chi connectivity index (χ0v) is 23.5. The van der Waals surface area contributed by atoms with E-state index in [1.165, 1.54) is 32.3 Å². The Morgan fingerprint density at radius 1 is 1.25 bits per heavy atom. The molecule has 1 spiro atoms. The molecule has 3 heterocycles. The van der Waals surface area contributed by atoms with Crippen LogP contribution in [-0.2, 0) is 38.0 Å². The minimum atomic E-state index is -4.90. The van der Waals surface area contributed by atoms with Crippen molar-refractivity contribution in [2.24, 2.45) is 7.05 Å². The van der Waals surface area contributed by atoms with Crippen LogP contribution in [0.1, 0.15) is 25.0 Å². The summed E-state index contributed by atoms with van der Waals surface area (Å²) in [4.78, 5) is -0.828. The van der Waals surface area contributed by atoms with E-state index in [2.05, 4.69) is 15.1 Å². The van der Waals surface area contributed by atoms with E-state index in [4.69, 9.17) is 9.47 Å². The van der Waals surface area contributed by atoms with Crippen molar-refractivity contribution in [2.75, 3.05) is 39.9 Å². The fourth-order valence-electron chi connectivity index (χ4n) is 4.85. The summed E-state index contributed by atoms with van der Waals surface area (Å²) in [6, 6.07) is 5.75. The number of aliphatic hydroxyl groups excluding tert-OH is 1. The summed E-state index contributed by atoms with van der Waals surface area (Å²) in [5, 5.41) is 16.8. The van der Waals surface area contributed by atoms with Gasteiger partial charge in [0.2, 0.25) is 20.0 Å². The van der Waals surface area contributed by atoms with E-state index >= 15 is 0 Å². The van der Waals surface area contributed by atoms with Gasteiger partial charge in [0.1, 0.15) is 23.4 Å². The van der Waals surface area contributed by atoms with Crippen LogP contribution in [0.4, 0.5) is 13.2 Å². The highest BCUT2D eigenvalue weighted by Gasteiger charge is 2.47. The van der Waals surface area contributed by atoms with Crippen LogP contribution in [0.15, 0.2) is 40.3 Å². The third kappa shape index (κ3) is 6.78. The molecular formula is C23H32F3N5O7S2. The Balaban J connectivity index is 1.26. The molecule has 4 rings (SSSR count). The topological polar surface area (TPSA) is 152 Å². The zero-order valence-electron chi connectivity index (χ0n) is 21.9. The normalized spacial score (nSPS) is 21.1. The van der Waals surface area contributed by atoms with Crippen LogP contribution in [0.3, 0.4) is 0 Å². The molecule has 40 heavy (non-hydrogen) atoms. The molecule has 2 fully saturated rings. The summed E-state index contributed by atoms with van der Waals surface area (Å²) in [6.45, 7) is 0.404. The molecular weight excluding hydrogens is 579 g/mol. The number of halogens is 3. The summed E-state index contributed by atoms with van der Waals surface area (Å²) >= 11 is 0. The van der Waals surface area contributed by atoms with Gasteiger partial charge in [0.05, 0.1) is 17.1 Å². The number of aliphatic hydroxyl groups is 1. The number of nitrogens with zero attached hydrogens (tertiary/aromatic N) is 3. The number of ether oxygens (including phenoxy) is 2. The van der Waals surface area contributed by atoms with E-state index in [1.807, 2.05) is 0 Å². The quantitative estimate of drug-likeness (QED) is 0.352. The fraction of sp³-hybridized carbons (Fsp3) is 0.609. The van der Waals surface area contributed by atoms with E-state index in [0.29, 0.717) is 25.9 Å². The molecule has 2 saturated heterocycles. The van der Waals surface area contributed by atoms with Gasteiger partial charge in [0, 0.05) is 45.0 Å². The molecule has 224 valence electrons. The molecule has 3 N–H and O–H groups in total. The Kier molecular flexibility index (Phi) is 8.85. The van der Waals surface area contributed by atoms with E-state index in [1.54, 1.807) is 6.07 Å². The summed E-state index contributed by atoms with van der Waals surface area (Å²) in [7, 11) is -5.50. The molecule has 1 unspecified atom stereocenters. The van der Waals surface area contributed by atoms with Crippen molar-refractivity contribution in [3.05, 3.63) is 36.2 Å². The van der Waals surface area contributed by atoms with Gasteiger partial charge in [-0.1, -0.05) is 6.07 Å². The molecule has 0 radical (unpaired) electrons. The maximum Gasteiger partial charge on any atom is 0.436 e. The van der Waals surface area contributed by atoms with Gasteiger partial charge in [0.15, 0.2) is 5.69 Å². The Bertz CT molecular complexity index is 1410. The number of aromatic nitrogens is 2. The number of alkyl halides is 3. The molecule has 2 aliphatic heterocycles. The molecule has 2 atom stereocenters. The van der Waals surface area contributed by atoms with E-state index in [0.717, 1.165) is 15.2 Å². The lowest BCUT2D eigenvalue weighted by Crippen LogP contribution is -2.47. The van der Waals surface area contributed by atoms with Crippen LogP contribution in [-0.4, -0.2) is 93.7 Å². The molecule has 0 bridgehead atoms. The van der Waals surface area contributed by atoms with Crippen molar-refractivity contribution >= 4 is 20.0 Å². The maximum atomic E-state index is 13.3. The first kappa shape index (κ1) is 30.7. The number of sulfonamides is 2. The predicted octanol–water partition coefficient (Wildman–Crippen LogP) is 0.689. The third-order valence-corrected chi connectivity index (χ3v) is 10.3. The van der Waals surface area contributed by atoms with Crippen molar-refractivity contribution in [3.63, 3.8) is 0 Å². The van der Waals surface area contributed by atoms with Crippen LogP contribution in [0.25, 0.3) is 0 Å². The molecule has 2 aromatic rings. The van der Waals surface area contributed by atoms with Crippen molar-refractivity contribution < 1.29 is 44.6 Å². The summed E-state index contributed by atoms with van der Waals surface area (Å²) < 4.78 is 106. The van der Waals surface area contributed by atoms with Gasteiger partial charge in [-0.2, -0.15) is 22.6 Å². The summed E-state index contributed by atoms with van der Waals surface area (Å²) in [6.07, 6.45) is -3.78. The van der Waals surface area contributed by atoms with Crippen LogP contribution in [0.5, 0.6) is 5.75 Å². The largest absolute Gasteiger partial charge is 0.491 e. The Morgan fingerprint density at radius 3 is 2.60 bits per heavy atom. The molecule has 1 aromatic heterocycles. The van der Waals surface area contributed by atoms with E-state index in [9.17, 15) is 35.1 Å². The highest BCUT2D eigenvalue weighted by molar-refractivity contribution is 7.89. The first-order chi connectivity index (χ1) is 18.6. The third-order valence-electron chi connectivity index (χ3n) is 6.99. The molecule has 2 aliphatic rings. The van der Waals surface area contributed by atoms with Crippen LogP contribution >= 0.6 is 0 Å². The number of nitrogens with one attached hydrogen (secondary N) is 2. The number of aryl methyl sites for hydroxylation is 1. The number of hydrogen-bond acceptors (Lipinski definition) is 9. The van der Waals surface area contributed by atoms with Gasteiger partial charge >= 0.3 is 6.18 Å². The predicted molar refractivity (Wildman–Crippen MR) is 135 cm³/mol. The molecule has 17 heteroatoms. The molecule has 1 aromatic carbocycles. The lowest BCUT2D eigenvalue weighted by Gasteiger charge is -2.38. The van der Waals surface area contributed by atoms with Gasteiger partial charge in [-0.05, 0) is 38.4 Å². The van der Waals surface area contributed by atoms with Crippen molar-refractivity contribution in [1.29, 1.82) is 0 Å². The lowest BCUT2D eigenvalue weighted by atomic mass is 9.88. The molecule has 12 nitrogen and oxygen atoms in total. The van der Waals surface area contributed by atoms with Crippen molar-refractivity contribution in [2.45, 2.75) is 53.0 Å². The monoisotopic (exact) mass is 611 g/mol. The number of benzene rings is 1. The Labute approximate surface area is 230 Å². The summed E-state index contributed by atoms with van der Waals surface area (Å²) in [5.74, 6) is 0.286. The van der Waals surface area contributed by atoms with Crippen molar-refractivity contribution in [3.8, 4) is 5.75 Å². The Morgan fingerprint density at radius 2 is 1.95 bits per heavy atom. The maximum absolute atomic E-state index is 13.3. The van der Waals surface area contributed by atoms with Crippen molar-refractivity contribution in [1.82, 2.24) is 24.1 Å². The minimum absolute atomic E-state index is 0.0000445. The van der Waals surface area contributed by atoms with Gasteiger partial charge in [-0.25, -0.2) is 21.6 Å². The van der Waals surface area contributed by atoms with Gasteiger partial charge < -0.3 is 19.9 Å². The van der Waals surface area contributed by atoms with E-state index in [-0.39, 0.29) is 42.9 Å². The molecule has 0 aliphatic carbocycles. The standard InChI is InChI=1S/C23H32F3N5O7S2/c1-27-39(33,34)19-5-3-4-18(10-19)37-15-17(32)12-28-16-11-22(38-14-16)6-8-31(9-7-22)40(35,36)20-13-30(2)29-21(20)23(24,25)26/h3-5,10,13,16-17,27-28,32H,6-9,11-12,14-15H2,1-2H3/t16?,17-/m0/s1. The van der Waals surface area contributed by atoms with Gasteiger partial charge in [-0.3, -0.25) is 4.68 Å². The number of hydrogen-bond donors (Lipinski definition) is 3.